The number of aryl methyl sites for hydroxylation is 1. The van der Waals surface area contributed by atoms with Gasteiger partial charge in [0.15, 0.2) is 0 Å². The first kappa shape index (κ1) is 13.0. The zero-order valence-electron chi connectivity index (χ0n) is 10.8. The lowest BCUT2D eigenvalue weighted by Crippen LogP contribution is -2.38. The van der Waals surface area contributed by atoms with Gasteiger partial charge in [-0.1, -0.05) is 12.8 Å². The molecule has 0 aliphatic carbocycles. The van der Waals surface area contributed by atoms with Crippen LogP contribution in [0.5, 0.6) is 0 Å². The molecule has 18 heavy (non-hydrogen) atoms. The van der Waals surface area contributed by atoms with Crippen molar-refractivity contribution in [1.29, 1.82) is 0 Å². The minimum absolute atomic E-state index is 0.315. The summed E-state index contributed by atoms with van der Waals surface area (Å²) in [7, 11) is 0. The highest BCUT2D eigenvalue weighted by molar-refractivity contribution is 5.81. The van der Waals surface area contributed by atoms with Crippen LogP contribution >= 0.6 is 0 Å². The number of hydrogen-bond acceptors (Lipinski definition) is 4. The first-order valence-electron chi connectivity index (χ1n) is 6.50. The number of likely N-dealkylation sites (tertiary alicyclic amines) is 1. The topological polar surface area (TPSA) is 72.1 Å². The molecule has 1 amide bonds. The van der Waals surface area contributed by atoms with Crippen LogP contribution < -0.4 is 5.73 Å². The minimum Gasteiger partial charge on any atom is -0.368 e. The van der Waals surface area contributed by atoms with Crippen molar-refractivity contribution in [2.24, 2.45) is 5.73 Å². The second-order valence-corrected chi connectivity index (χ2v) is 4.82. The Morgan fingerprint density at radius 2 is 1.78 bits per heavy atom. The maximum absolute atomic E-state index is 11.7. The summed E-state index contributed by atoms with van der Waals surface area (Å²) in [5.41, 5.74) is 6.35. The Balaban J connectivity index is 2.21. The van der Waals surface area contributed by atoms with Gasteiger partial charge in [0, 0.05) is 18.0 Å². The fraction of sp³-hybridized carbons (Fsp3) is 0.615. The first-order chi connectivity index (χ1) is 8.68. The molecule has 98 valence electrons. The van der Waals surface area contributed by atoms with E-state index in [1.54, 1.807) is 12.4 Å². The Bertz CT molecular complexity index is 396. The minimum atomic E-state index is -0.385. The van der Waals surface area contributed by atoms with Crippen LogP contribution in [0.3, 0.4) is 0 Å². The number of carbonyl (C=O) groups is 1. The van der Waals surface area contributed by atoms with Gasteiger partial charge >= 0.3 is 0 Å². The van der Waals surface area contributed by atoms with E-state index in [2.05, 4.69) is 14.9 Å². The van der Waals surface area contributed by atoms with Crippen molar-refractivity contribution >= 4 is 5.91 Å². The van der Waals surface area contributed by atoms with Gasteiger partial charge in [0.25, 0.3) is 0 Å². The van der Waals surface area contributed by atoms with E-state index in [4.69, 9.17) is 5.73 Å². The van der Waals surface area contributed by atoms with E-state index in [1.807, 2.05) is 6.92 Å². The van der Waals surface area contributed by atoms with Crippen molar-refractivity contribution in [3.8, 4) is 0 Å². The van der Waals surface area contributed by atoms with Crippen molar-refractivity contribution in [2.75, 3.05) is 13.1 Å². The summed E-state index contributed by atoms with van der Waals surface area (Å²) in [5.74, 6) is 0.391. The van der Waals surface area contributed by atoms with Crippen LogP contribution in [-0.2, 0) is 4.79 Å². The van der Waals surface area contributed by atoms with Gasteiger partial charge in [-0.2, -0.15) is 0 Å². The van der Waals surface area contributed by atoms with Gasteiger partial charge in [0.1, 0.15) is 11.9 Å². The van der Waals surface area contributed by atoms with Crippen LogP contribution in [-0.4, -0.2) is 33.9 Å². The van der Waals surface area contributed by atoms with Gasteiger partial charge in [0.2, 0.25) is 5.91 Å². The molecule has 1 aromatic rings. The highest BCUT2D eigenvalue weighted by atomic mass is 16.1. The molecular formula is C13H20N4O. The third-order valence-corrected chi connectivity index (χ3v) is 3.39. The fourth-order valence-corrected chi connectivity index (χ4v) is 2.45. The van der Waals surface area contributed by atoms with Gasteiger partial charge < -0.3 is 5.73 Å². The van der Waals surface area contributed by atoms with Gasteiger partial charge in [0.05, 0.1) is 0 Å². The average Bonchev–Trinajstić information content (AvgIpc) is 2.60. The normalized spacial score (nSPS) is 19.2. The van der Waals surface area contributed by atoms with Crippen LogP contribution in [0.1, 0.15) is 43.1 Å². The molecule has 1 saturated heterocycles. The molecule has 1 aliphatic heterocycles. The number of carbonyl (C=O) groups excluding carboxylic acids is 1. The molecule has 2 N–H and O–H groups in total. The van der Waals surface area contributed by atoms with E-state index in [9.17, 15) is 4.79 Å². The predicted octanol–water partition coefficient (Wildman–Crippen LogP) is 1.19. The Labute approximate surface area is 107 Å². The molecule has 2 rings (SSSR count). The van der Waals surface area contributed by atoms with E-state index >= 15 is 0 Å². The molecule has 0 saturated carbocycles. The summed E-state index contributed by atoms with van der Waals surface area (Å²) in [5, 5.41) is 0. The molecule has 0 spiro atoms. The summed E-state index contributed by atoms with van der Waals surface area (Å²) in [6.45, 7) is 3.66. The van der Waals surface area contributed by atoms with Gasteiger partial charge in [-0.3, -0.25) is 9.69 Å². The molecule has 1 aliphatic rings. The van der Waals surface area contributed by atoms with Crippen LogP contribution in [0, 0.1) is 6.92 Å². The first-order valence-corrected chi connectivity index (χ1v) is 6.50. The van der Waals surface area contributed by atoms with Crippen molar-refractivity contribution in [3.05, 3.63) is 23.8 Å². The maximum atomic E-state index is 11.7. The molecular weight excluding hydrogens is 228 g/mol. The van der Waals surface area contributed by atoms with Crippen molar-refractivity contribution in [1.82, 2.24) is 14.9 Å². The molecule has 0 bridgehead atoms. The van der Waals surface area contributed by atoms with Crippen molar-refractivity contribution in [2.45, 2.75) is 38.6 Å². The quantitative estimate of drug-likeness (QED) is 0.872. The molecule has 5 nitrogen and oxygen atoms in total. The summed E-state index contributed by atoms with van der Waals surface area (Å²) in [6.07, 6.45) is 8.12. The summed E-state index contributed by atoms with van der Waals surface area (Å²) in [4.78, 5) is 22.2. The number of rotatable bonds is 3. The van der Waals surface area contributed by atoms with Crippen LogP contribution in [0.4, 0.5) is 0 Å². The SMILES string of the molecule is Cc1ncc(C(C(N)=O)N2CCCCCC2)cn1. The van der Waals surface area contributed by atoms with E-state index < -0.39 is 0 Å². The predicted molar refractivity (Wildman–Crippen MR) is 68.7 cm³/mol. The molecule has 1 unspecified atom stereocenters. The third kappa shape index (κ3) is 3.04. The average molecular weight is 248 g/mol. The Morgan fingerprint density at radius 1 is 1.22 bits per heavy atom. The molecule has 1 fully saturated rings. The smallest absolute Gasteiger partial charge is 0.239 e. The number of amides is 1. The molecule has 1 atom stereocenters. The van der Waals surface area contributed by atoms with E-state index in [0.29, 0.717) is 5.82 Å². The van der Waals surface area contributed by atoms with Crippen LogP contribution in [0.2, 0.25) is 0 Å². The van der Waals surface area contributed by atoms with Gasteiger partial charge in [-0.25, -0.2) is 9.97 Å². The van der Waals surface area contributed by atoms with E-state index in [0.717, 1.165) is 31.5 Å². The maximum Gasteiger partial charge on any atom is 0.239 e. The molecule has 5 heteroatoms. The lowest BCUT2D eigenvalue weighted by Gasteiger charge is -2.27. The van der Waals surface area contributed by atoms with Crippen molar-refractivity contribution in [3.63, 3.8) is 0 Å². The summed E-state index contributed by atoms with van der Waals surface area (Å²) in [6, 6.07) is -0.385. The second kappa shape index (κ2) is 5.91. The molecule has 2 heterocycles. The molecule has 0 radical (unpaired) electrons. The highest BCUT2D eigenvalue weighted by Crippen LogP contribution is 2.23. The number of hydrogen-bond donors (Lipinski definition) is 1. The Morgan fingerprint density at radius 3 is 2.28 bits per heavy atom. The fourth-order valence-electron chi connectivity index (χ4n) is 2.45. The monoisotopic (exact) mass is 248 g/mol. The summed E-state index contributed by atoms with van der Waals surface area (Å²) < 4.78 is 0. The molecule has 1 aromatic heterocycles. The number of nitrogens with zero attached hydrogens (tertiary/aromatic N) is 3. The largest absolute Gasteiger partial charge is 0.368 e. The second-order valence-electron chi connectivity index (χ2n) is 4.82. The number of nitrogens with two attached hydrogens (primary N) is 1. The van der Waals surface area contributed by atoms with E-state index in [-0.39, 0.29) is 11.9 Å². The summed E-state index contributed by atoms with van der Waals surface area (Å²) >= 11 is 0. The lowest BCUT2D eigenvalue weighted by atomic mass is 10.1. The standard InChI is InChI=1S/C13H20N4O/c1-10-15-8-11(9-16-10)12(13(14)18)17-6-4-2-3-5-7-17/h8-9,12H,2-7H2,1H3,(H2,14,18). The number of aromatic nitrogens is 2. The number of primary amides is 1. The Hall–Kier alpha value is -1.49. The van der Waals surface area contributed by atoms with E-state index in [1.165, 1.54) is 12.8 Å². The highest BCUT2D eigenvalue weighted by Gasteiger charge is 2.26. The zero-order chi connectivity index (χ0) is 13.0. The van der Waals surface area contributed by atoms with Crippen molar-refractivity contribution < 1.29 is 4.79 Å². The third-order valence-electron chi connectivity index (χ3n) is 3.39. The van der Waals surface area contributed by atoms with Gasteiger partial charge in [-0.05, 0) is 32.9 Å². The molecule has 0 aromatic carbocycles. The zero-order valence-corrected chi connectivity index (χ0v) is 10.8. The Kier molecular flexibility index (Phi) is 4.25. The van der Waals surface area contributed by atoms with Crippen LogP contribution in [0.15, 0.2) is 12.4 Å². The van der Waals surface area contributed by atoms with Crippen LogP contribution in [0.25, 0.3) is 0 Å². The van der Waals surface area contributed by atoms with Gasteiger partial charge in [-0.15, -0.1) is 0 Å². The lowest BCUT2D eigenvalue weighted by molar-refractivity contribution is -0.123.